The number of halogens is 1. The zero-order valence-corrected chi connectivity index (χ0v) is 12.6. The largest absolute Gasteiger partial charge is 0.302 e. The molecule has 2 heteroatoms. The number of aryl methyl sites for hydroxylation is 3. The molecule has 0 radical (unpaired) electrons. The Bertz CT molecular complexity index is 385. The van der Waals surface area contributed by atoms with Gasteiger partial charge in [-0.15, -0.1) is 11.6 Å². The van der Waals surface area contributed by atoms with Crippen molar-refractivity contribution in [2.45, 2.75) is 45.4 Å². The van der Waals surface area contributed by atoms with Crippen LogP contribution >= 0.6 is 11.6 Å². The maximum atomic E-state index is 6.66. The molecule has 1 saturated heterocycles. The van der Waals surface area contributed by atoms with E-state index >= 15 is 0 Å². The summed E-state index contributed by atoms with van der Waals surface area (Å²) >= 11 is 6.66. The highest BCUT2D eigenvalue weighted by Crippen LogP contribution is 2.29. The van der Waals surface area contributed by atoms with Crippen LogP contribution in [0.15, 0.2) is 12.1 Å². The Morgan fingerprint density at radius 1 is 1.06 bits per heavy atom. The van der Waals surface area contributed by atoms with Crippen molar-refractivity contribution in [1.82, 2.24) is 4.90 Å². The number of piperidine rings is 1. The Hall–Kier alpha value is -0.530. The molecule has 100 valence electrons. The maximum Gasteiger partial charge on any atom is 0.0717 e. The fraction of sp³-hybridized carbons (Fsp3) is 0.625. The first-order valence-electron chi connectivity index (χ1n) is 7.02. The van der Waals surface area contributed by atoms with E-state index in [2.05, 4.69) is 37.8 Å². The molecule has 0 amide bonds. The number of hydrogen-bond donors (Lipinski definition) is 0. The molecular weight excluding hydrogens is 242 g/mol. The Morgan fingerprint density at radius 3 is 2.17 bits per heavy atom. The second-order valence-corrected chi connectivity index (χ2v) is 6.17. The average molecular weight is 266 g/mol. The minimum Gasteiger partial charge on any atom is -0.302 e. The third-order valence-corrected chi connectivity index (χ3v) is 4.27. The SMILES string of the molecule is Cc1cc(C)c(C(Cl)CN2CCCCC2)c(C)c1. The van der Waals surface area contributed by atoms with Gasteiger partial charge in [-0.25, -0.2) is 0 Å². The van der Waals surface area contributed by atoms with Gasteiger partial charge in [0.15, 0.2) is 0 Å². The van der Waals surface area contributed by atoms with Crippen LogP contribution in [0.5, 0.6) is 0 Å². The maximum absolute atomic E-state index is 6.66. The lowest BCUT2D eigenvalue weighted by Crippen LogP contribution is -2.32. The normalized spacial score (nSPS) is 18.9. The lowest BCUT2D eigenvalue weighted by atomic mass is 9.96. The third-order valence-electron chi connectivity index (χ3n) is 3.92. The van der Waals surface area contributed by atoms with Crippen molar-refractivity contribution in [3.05, 3.63) is 34.4 Å². The molecule has 1 aliphatic rings. The molecule has 0 bridgehead atoms. The average Bonchev–Trinajstić information content (AvgIpc) is 2.28. The molecular formula is C16H24ClN. The lowest BCUT2D eigenvalue weighted by Gasteiger charge is -2.29. The summed E-state index contributed by atoms with van der Waals surface area (Å²) in [5, 5.41) is 0.128. The Kier molecular flexibility index (Phi) is 4.69. The highest BCUT2D eigenvalue weighted by Gasteiger charge is 2.19. The predicted octanol–water partition coefficient (Wildman–Crippen LogP) is 4.38. The van der Waals surface area contributed by atoms with Gasteiger partial charge in [0.05, 0.1) is 5.38 Å². The van der Waals surface area contributed by atoms with E-state index in [1.807, 2.05) is 0 Å². The van der Waals surface area contributed by atoms with E-state index in [9.17, 15) is 0 Å². The monoisotopic (exact) mass is 265 g/mol. The Labute approximate surface area is 116 Å². The Balaban J connectivity index is 2.10. The van der Waals surface area contributed by atoms with Crippen molar-refractivity contribution in [2.75, 3.05) is 19.6 Å². The van der Waals surface area contributed by atoms with Gasteiger partial charge in [-0.1, -0.05) is 24.1 Å². The van der Waals surface area contributed by atoms with Crippen LogP contribution < -0.4 is 0 Å². The van der Waals surface area contributed by atoms with Crippen molar-refractivity contribution in [2.24, 2.45) is 0 Å². The van der Waals surface area contributed by atoms with Crippen LogP contribution in [0, 0.1) is 20.8 Å². The summed E-state index contributed by atoms with van der Waals surface area (Å²) in [7, 11) is 0. The molecule has 0 aromatic heterocycles. The van der Waals surface area contributed by atoms with Crippen LogP contribution in [-0.4, -0.2) is 24.5 Å². The summed E-state index contributed by atoms with van der Waals surface area (Å²) in [6, 6.07) is 4.49. The van der Waals surface area contributed by atoms with Crippen molar-refractivity contribution < 1.29 is 0 Å². The first-order chi connectivity index (χ1) is 8.58. The van der Waals surface area contributed by atoms with Crippen LogP contribution in [0.2, 0.25) is 0 Å². The fourth-order valence-electron chi connectivity index (χ4n) is 3.15. The van der Waals surface area contributed by atoms with E-state index in [0.717, 1.165) is 6.54 Å². The van der Waals surface area contributed by atoms with Crippen molar-refractivity contribution in [3.8, 4) is 0 Å². The number of likely N-dealkylation sites (tertiary alicyclic amines) is 1. The van der Waals surface area contributed by atoms with Crippen LogP contribution in [0.25, 0.3) is 0 Å². The quantitative estimate of drug-likeness (QED) is 0.734. The molecule has 1 fully saturated rings. The lowest BCUT2D eigenvalue weighted by molar-refractivity contribution is 0.229. The summed E-state index contributed by atoms with van der Waals surface area (Å²) in [4.78, 5) is 2.51. The first-order valence-corrected chi connectivity index (χ1v) is 7.45. The van der Waals surface area contributed by atoms with E-state index in [-0.39, 0.29) is 5.38 Å². The molecule has 1 atom stereocenters. The van der Waals surface area contributed by atoms with Crippen molar-refractivity contribution >= 4 is 11.6 Å². The van der Waals surface area contributed by atoms with E-state index in [4.69, 9.17) is 11.6 Å². The van der Waals surface area contributed by atoms with Gasteiger partial charge < -0.3 is 4.90 Å². The Morgan fingerprint density at radius 2 is 1.61 bits per heavy atom. The number of alkyl halides is 1. The highest BCUT2D eigenvalue weighted by atomic mass is 35.5. The number of benzene rings is 1. The fourth-order valence-corrected chi connectivity index (χ4v) is 3.68. The number of hydrogen-bond acceptors (Lipinski definition) is 1. The summed E-state index contributed by atoms with van der Waals surface area (Å²) in [5.74, 6) is 0. The summed E-state index contributed by atoms with van der Waals surface area (Å²) in [6.07, 6.45) is 4.04. The minimum absolute atomic E-state index is 0.128. The molecule has 1 aromatic carbocycles. The molecule has 1 nitrogen and oxygen atoms in total. The summed E-state index contributed by atoms with van der Waals surface area (Å²) < 4.78 is 0. The molecule has 18 heavy (non-hydrogen) atoms. The standard InChI is InChI=1S/C16H24ClN/c1-12-9-13(2)16(14(3)10-12)15(17)11-18-7-5-4-6-8-18/h9-10,15H,4-8,11H2,1-3H3. The van der Waals surface area contributed by atoms with Gasteiger partial charge in [0, 0.05) is 6.54 Å². The smallest absolute Gasteiger partial charge is 0.0717 e. The van der Waals surface area contributed by atoms with Crippen molar-refractivity contribution in [3.63, 3.8) is 0 Å². The zero-order valence-electron chi connectivity index (χ0n) is 11.8. The zero-order chi connectivity index (χ0) is 13.1. The van der Waals surface area contributed by atoms with Gasteiger partial charge in [-0.2, -0.15) is 0 Å². The van der Waals surface area contributed by atoms with E-state index in [1.54, 1.807) is 0 Å². The highest BCUT2D eigenvalue weighted by molar-refractivity contribution is 6.21. The van der Waals surface area contributed by atoms with E-state index in [1.165, 1.54) is 54.6 Å². The van der Waals surface area contributed by atoms with Gasteiger partial charge in [-0.3, -0.25) is 0 Å². The molecule has 0 saturated carbocycles. The second kappa shape index (κ2) is 6.08. The van der Waals surface area contributed by atoms with Gasteiger partial charge >= 0.3 is 0 Å². The summed E-state index contributed by atoms with van der Waals surface area (Å²) in [6.45, 7) is 9.94. The van der Waals surface area contributed by atoms with Crippen LogP contribution in [-0.2, 0) is 0 Å². The molecule has 2 rings (SSSR count). The molecule has 0 N–H and O–H groups in total. The first kappa shape index (κ1) is 13.9. The van der Waals surface area contributed by atoms with Gasteiger partial charge in [-0.05, 0) is 63.4 Å². The number of nitrogens with zero attached hydrogens (tertiary/aromatic N) is 1. The van der Waals surface area contributed by atoms with Crippen molar-refractivity contribution in [1.29, 1.82) is 0 Å². The molecule has 0 spiro atoms. The molecule has 1 heterocycles. The van der Waals surface area contributed by atoms with Crippen LogP contribution in [0.3, 0.4) is 0 Å². The van der Waals surface area contributed by atoms with Gasteiger partial charge in [0.2, 0.25) is 0 Å². The molecule has 1 unspecified atom stereocenters. The van der Waals surface area contributed by atoms with E-state index in [0.29, 0.717) is 0 Å². The number of rotatable bonds is 3. The van der Waals surface area contributed by atoms with Gasteiger partial charge in [0.1, 0.15) is 0 Å². The minimum atomic E-state index is 0.128. The molecule has 1 aliphatic heterocycles. The second-order valence-electron chi connectivity index (χ2n) is 5.64. The summed E-state index contributed by atoms with van der Waals surface area (Å²) in [5.41, 5.74) is 5.34. The molecule has 0 aliphatic carbocycles. The van der Waals surface area contributed by atoms with E-state index < -0.39 is 0 Å². The van der Waals surface area contributed by atoms with Gasteiger partial charge in [0.25, 0.3) is 0 Å². The van der Waals surface area contributed by atoms with Crippen LogP contribution in [0.4, 0.5) is 0 Å². The molecule has 1 aromatic rings. The topological polar surface area (TPSA) is 3.24 Å². The predicted molar refractivity (Wildman–Crippen MR) is 79.5 cm³/mol. The third kappa shape index (κ3) is 3.27. The van der Waals surface area contributed by atoms with Crippen LogP contribution in [0.1, 0.15) is 46.9 Å².